The quantitative estimate of drug-likeness (QED) is 0.215. The van der Waals surface area contributed by atoms with E-state index in [4.69, 9.17) is 35.4 Å². The Hall–Kier alpha value is -4.04. The first-order valence-electron chi connectivity index (χ1n) is 11.3. The minimum absolute atomic E-state index is 0.220. The normalized spacial score (nSPS) is 11.8. The molecule has 6 nitrogen and oxygen atoms in total. The Bertz CT molecular complexity index is 1860. The summed E-state index contributed by atoms with van der Waals surface area (Å²) in [5, 5.41) is 10.1. The number of nitrogens with one attached hydrogen (secondary N) is 2. The number of alkyl halides is 3. The lowest BCUT2D eigenvalue weighted by molar-refractivity contribution is -0.274. The number of nitrogens with zero attached hydrogens (tertiary/aromatic N) is 3. The molecule has 0 saturated heterocycles. The highest BCUT2D eigenvalue weighted by molar-refractivity contribution is 7.80. The number of hydrogen-bond donors (Lipinski definition) is 2. The van der Waals surface area contributed by atoms with E-state index in [2.05, 4.69) is 36.8 Å². The van der Waals surface area contributed by atoms with Gasteiger partial charge in [-0.2, -0.15) is 0 Å². The lowest BCUT2D eigenvalue weighted by Gasteiger charge is -2.11. The van der Waals surface area contributed by atoms with Crippen LogP contribution in [0.5, 0.6) is 5.75 Å². The molecule has 0 aliphatic heterocycles. The van der Waals surface area contributed by atoms with Crippen LogP contribution in [0.3, 0.4) is 0 Å². The summed E-state index contributed by atoms with van der Waals surface area (Å²) in [6.45, 7) is 0.220. The molecule has 5 rings (SSSR count). The number of anilines is 1. The van der Waals surface area contributed by atoms with E-state index in [-0.39, 0.29) is 12.4 Å². The van der Waals surface area contributed by atoms with Crippen molar-refractivity contribution in [1.29, 1.82) is 0 Å². The molecule has 196 valence electrons. The molecule has 0 amide bonds. The van der Waals surface area contributed by atoms with Crippen LogP contribution in [0.15, 0.2) is 72.0 Å². The van der Waals surface area contributed by atoms with Gasteiger partial charge >= 0.3 is 6.36 Å². The summed E-state index contributed by atoms with van der Waals surface area (Å²) in [6.07, 6.45) is -1.47. The molecule has 0 unspecified atom stereocenters. The number of rotatable bonds is 6. The fraction of sp³-hybridized carbons (Fsp3) is 0.0741. The number of benzene rings is 3. The monoisotopic (exact) mass is 585 g/mol. The Labute approximate surface area is 234 Å². The van der Waals surface area contributed by atoms with E-state index in [0.29, 0.717) is 37.2 Å². The van der Waals surface area contributed by atoms with Gasteiger partial charge in [-0.3, -0.25) is 9.56 Å². The fourth-order valence-corrected chi connectivity index (χ4v) is 4.45. The van der Waals surface area contributed by atoms with Gasteiger partial charge in [0.1, 0.15) is 29.4 Å². The van der Waals surface area contributed by atoms with Crippen LogP contribution in [0.2, 0.25) is 10.0 Å². The highest BCUT2D eigenvalue weighted by atomic mass is 35.5. The Morgan fingerprint density at radius 3 is 2.54 bits per heavy atom. The van der Waals surface area contributed by atoms with Gasteiger partial charge in [-0.1, -0.05) is 47.1 Å². The molecule has 1 heterocycles. The molecule has 12 heteroatoms. The van der Waals surface area contributed by atoms with Crippen molar-refractivity contribution in [2.75, 3.05) is 12.0 Å². The van der Waals surface area contributed by atoms with Crippen molar-refractivity contribution >= 4 is 63.9 Å². The Morgan fingerprint density at radius 2 is 1.82 bits per heavy atom. The maximum absolute atomic E-state index is 12.4. The van der Waals surface area contributed by atoms with Crippen LogP contribution in [-0.2, 0) is 0 Å². The predicted octanol–water partition coefficient (Wildman–Crippen LogP) is 5.06. The van der Waals surface area contributed by atoms with E-state index in [1.165, 1.54) is 24.3 Å². The van der Waals surface area contributed by atoms with Crippen molar-refractivity contribution in [3.8, 4) is 11.4 Å². The molecule has 1 aliphatic carbocycles. The third-order valence-corrected chi connectivity index (χ3v) is 6.38. The number of para-hydroxylation sites is 1. The summed E-state index contributed by atoms with van der Waals surface area (Å²) in [6, 6.07) is 16.4. The number of fused-ring (bicyclic) bond motifs is 2. The van der Waals surface area contributed by atoms with E-state index < -0.39 is 6.36 Å². The van der Waals surface area contributed by atoms with Crippen molar-refractivity contribution in [2.45, 2.75) is 6.36 Å². The molecular weight excluding hydrogens is 570 g/mol. The summed E-state index contributed by atoms with van der Waals surface area (Å²) < 4.78 is 43.0. The van der Waals surface area contributed by atoms with Crippen LogP contribution in [0.4, 0.5) is 18.9 Å². The summed E-state index contributed by atoms with van der Waals surface area (Å²) in [7, 11) is 0. The van der Waals surface area contributed by atoms with Crippen LogP contribution in [0, 0.1) is 10.6 Å². The van der Waals surface area contributed by atoms with Crippen molar-refractivity contribution in [3.63, 3.8) is 0 Å². The third kappa shape index (κ3) is 6.17. The molecule has 3 aromatic carbocycles. The number of aromatic nitrogens is 2. The van der Waals surface area contributed by atoms with E-state index in [0.717, 1.165) is 16.0 Å². The van der Waals surface area contributed by atoms with Gasteiger partial charge in [0.25, 0.3) is 0 Å². The second kappa shape index (κ2) is 11.0. The Balaban J connectivity index is 1.31. The molecule has 0 saturated carbocycles. The fourth-order valence-electron chi connectivity index (χ4n) is 3.79. The average Bonchev–Trinajstić information content (AvgIpc) is 3.33. The summed E-state index contributed by atoms with van der Waals surface area (Å²) in [5.74, 6) is -0.302. The first-order valence-corrected chi connectivity index (χ1v) is 12.4. The molecule has 1 aliphatic rings. The molecule has 0 fully saturated rings. The molecule has 1 aromatic heterocycles. The van der Waals surface area contributed by atoms with Crippen LogP contribution in [-0.4, -0.2) is 33.9 Å². The summed E-state index contributed by atoms with van der Waals surface area (Å²) in [4.78, 5) is 8.85. The lowest BCUT2D eigenvalue weighted by Crippen LogP contribution is -2.28. The van der Waals surface area contributed by atoms with Crippen LogP contribution >= 0.6 is 35.4 Å². The molecule has 0 spiro atoms. The Morgan fingerprint density at radius 1 is 1.08 bits per heavy atom. The number of imidazole rings is 1. The maximum Gasteiger partial charge on any atom is 0.573 e. The predicted molar refractivity (Wildman–Crippen MR) is 149 cm³/mol. The molecule has 4 aromatic rings. The van der Waals surface area contributed by atoms with Gasteiger partial charge in [-0.25, -0.2) is 4.98 Å². The maximum atomic E-state index is 12.4. The van der Waals surface area contributed by atoms with Gasteiger partial charge in [0, 0.05) is 22.3 Å². The van der Waals surface area contributed by atoms with E-state index in [9.17, 15) is 13.2 Å². The summed E-state index contributed by atoms with van der Waals surface area (Å²) >= 11 is 17.6. The highest BCUT2D eigenvalue weighted by Gasteiger charge is 2.31. The molecular formula is C27H16Cl2F3N5OS. The van der Waals surface area contributed by atoms with Gasteiger partial charge in [-0.05, 0) is 66.0 Å². The van der Waals surface area contributed by atoms with Gasteiger partial charge in [0.15, 0.2) is 5.11 Å². The van der Waals surface area contributed by atoms with Gasteiger partial charge in [-0.15, -0.1) is 13.2 Å². The smallest absolute Gasteiger partial charge is 0.406 e. The minimum Gasteiger partial charge on any atom is -0.406 e. The summed E-state index contributed by atoms with van der Waals surface area (Å²) in [5.41, 5.74) is 8.18. The van der Waals surface area contributed by atoms with Crippen LogP contribution in [0.25, 0.3) is 17.1 Å². The largest absolute Gasteiger partial charge is 0.573 e. The minimum atomic E-state index is -4.75. The topological polar surface area (TPSA) is 63.5 Å². The average molecular weight is 586 g/mol. The number of halogens is 5. The SMILES string of the molecule is FC(F)(F)Oc1ccc(-n2cnc3c2=C=C=c2cc(/C=N/CNC(=S)Nc4c(Cl)cccc4Cl)ccc2=3)cc1. The van der Waals surface area contributed by atoms with Gasteiger partial charge < -0.3 is 15.4 Å². The molecule has 0 bridgehead atoms. The van der Waals surface area contributed by atoms with Gasteiger partial charge in [0.05, 0.1) is 15.7 Å². The standard InChI is InChI=1S/C27H16Cl2F3N5OS/c28-21-2-1-3-22(29)25(21)36-26(39)34-14-33-13-16-4-10-20-17(12-16)5-11-23-24(20)35-15-37(23)18-6-8-19(9-7-18)38-27(30,31)32/h1-4,6-10,12-13,15H,14H2,(H2,34,36,39)/b33-13+. The third-order valence-electron chi connectivity index (χ3n) is 5.50. The zero-order valence-electron chi connectivity index (χ0n) is 19.7. The van der Waals surface area contributed by atoms with Crippen molar-refractivity contribution < 1.29 is 17.9 Å². The molecule has 0 atom stereocenters. The number of aliphatic imine (C=N–C) groups is 1. The molecule has 39 heavy (non-hydrogen) atoms. The van der Waals surface area contributed by atoms with E-state index in [1.54, 1.807) is 35.3 Å². The lowest BCUT2D eigenvalue weighted by atomic mass is 10.1. The van der Waals surface area contributed by atoms with Crippen molar-refractivity contribution in [2.24, 2.45) is 4.99 Å². The second-order valence-corrected chi connectivity index (χ2v) is 9.33. The Kier molecular flexibility index (Phi) is 7.48. The molecule has 2 N–H and O–H groups in total. The van der Waals surface area contributed by atoms with Crippen molar-refractivity contribution in [3.05, 3.63) is 104 Å². The first-order chi connectivity index (χ1) is 18.7. The first kappa shape index (κ1) is 26.6. The second-order valence-electron chi connectivity index (χ2n) is 8.11. The number of ether oxygens (including phenoxy) is 1. The molecule has 0 radical (unpaired) electrons. The van der Waals surface area contributed by atoms with E-state index in [1.807, 2.05) is 18.2 Å². The zero-order chi connectivity index (χ0) is 27.6. The van der Waals surface area contributed by atoms with E-state index >= 15 is 0 Å². The number of thiocarbonyl (C=S) groups is 1. The van der Waals surface area contributed by atoms with Gasteiger partial charge in [0.2, 0.25) is 0 Å². The van der Waals surface area contributed by atoms with Crippen LogP contribution in [0.1, 0.15) is 5.56 Å². The van der Waals surface area contributed by atoms with Crippen molar-refractivity contribution in [1.82, 2.24) is 14.9 Å². The van der Waals surface area contributed by atoms with Crippen LogP contribution < -0.4 is 25.9 Å². The zero-order valence-corrected chi connectivity index (χ0v) is 22.0. The highest BCUT2D eigenvalue weighted by Crippen LogP contribution is 2.29. The number of hydrogen-bond acceptors (Lipinski definition) is 4.